The van der Waals surface area contributed by atoms with E-state index in [2.05, 4.69) is 5.32 Å². The molecule has 0 aromatic heterocycles. The summed E-state index contributed by atoms with van der Waals surface area (Å²) < 4.78 is 15.9. The highest BCUT2D eigenvalue weighted by molar-refractivity contribution is 6.04. The molecule has 0 spiro atoms. The van der Waals surface area contributed by atoms with Crippen molar-refractivity contribution in [3.8, 4) is 11.5 Å². The van der Waals surface area contributed by atoms with Crippen LogP contribution in [0, 0.1) is 0 Å². The Morgan fingerprint density at radius 1 is 0.963 bits per heavy atom. The van der Waals surface area contributed by atoms with Crippen LogP contribution in [0.1, 0.15) is 37.6 Å². The first-order valence-electron chi connectivity index (χ1n) is 8.85. The van der Waals surface area contributed by atoms with Crippen molar-refractivity contribution in [3.63, 3.8) is 0 Å². The Balaban J connectivity index is 1.93. The number of amides is 1. The van der Waals surface area contributed by atoms with Crippen molar-refractivity contribution in [2.24, 2.45) is 0 Å². The first-order valence-corrected chi connectivity index (χ1v) is 8.85. The van der Waals surface area contributed by atoms with Crippen LogP contribution in [0.4, 0.5) is 5.69 Å². The van der Waals surface area contributed by atoms with Gasteiger partial charge in [0.25, 0.3) is 5.91 Å². The molecular formula is C21H25NO5. The summed E-state index contributed by atoms with van der Waals surface area (Å²) in [5.41, 5.74) is 1.15. The van der Waals surface area contributed by atoms with Crippen molar-refractivity contribution < 1.29 is 23.8 Å². The second-order valence-electron chi connectivity index (χ2n) is 6.12. The van der Waals surface area contributed by atoms with Gasteiger partial charge in [0.1, 0.15) is 11.5 Å². The molecule has 2 atom stereocenters. The molecule has 1 amide bonds. The second-order valence-corrected chi connectivity index (χ2v) is 6.12. The number of methoxy groups -OCH3 is 1. The van der Waals surface area contributed by atoms with Crippen LogP contribution < -0.4 is 14.8 Å². The summed E-state index contributed by atoms with van der Waals surface area (Å²) in [5.74, 6) is 0.557. The van der Waals surface area contributed by atoms with Gasteiger partial charge in [0.15, 0.2) is 6.10 Å². The van der Waals surface area contributed by atoms with Gasteiger partial charge in [-0.1, -0.05) is 6.92 Å². The van der Waals surface area contributed by atoms with E-state index in [1.165, 1.54) is 0 Å². The van der Waals surface area contributed by atoms with E-state index in [0.29, 0.717) is 17.0 Å². The minimum Gasteiger partial charge on any atom is -0.497 e. The standard InChI is InChI=1S/C21H25NO5/c1-5-14(2)26-21(24)15(3)27-19-10-6-16(7-11-19)20(23)22-17-8-12-18(25-4)13-9-17/h6-15H,5H2,1-4H3,(H,22,23)/t14-,15-/m0/s1. The summed E-state index contributed by atoms with van der Waals surface area (Å²) in [6.45, 7) is 5.41. The highest BCUT2D eigenvalue weighted by Gasteiger charge is 2.18. The van der Waals surface area contributed by atoms with E-state index in [9.17, 15) is 9.59 Å². The minimum atomic E-state index is -0.724. The largest absolute Gasteiger partial charge is 0.497 e. The fraction of sp³-hybridized carbons (Fsp3) is 0.333. The van der Waals surface area contributed by atoms with Crippen molar-refractivity contribution in [1.29, 1.82) is 0 Å². The third-order valence-corrected chi connectivity index (χ3v) is 4.00. The lowest BCUT2D eigenvalue weighted by atomic mass is 10.2. The van der Waals surface area contributed by atoms with Gasteiger partial charge < -0.3 is 19.5 Å². The number of hydrogen-bond acceptors (Lipinski definition) is 5. The van der Waals surface area contributed by atoms with Crippen molar-refractivity contribution >= 4 is 17.6 Å². The smallest absolute Gasteiger partial charge is 0.347 e. The Hall–Kier alpha value is -3.02. The fourth-order valence-corrected chi connectivity index (χ4v) is 2.19. The normalized spacial score (nSPS) is 12.6. The predicted octanol–water partition coefficient (Wildman–Crippen LogP) is 4.06. The van der Waals surface area contributed by atoms with Gasteiger partial charge in [0, 0.05) is 11.3 Å². The summed E-state index contributed by atoms with van der Waals surface area (Å²) in [5, 5.41) is 2.81. The number of anilines is 1. The zero-order chi connectivity index (χ0) is 19.8. The number of carbonyl (C=O) groups excluding carboxylic acids is 2. The quantitative estimate of drug-likeness (QED) is 0.709. The molecule has 0 radical (unpaired) electrons. The molecule has 0 saturated heterocycles. The minimum absolute atomic E-state index is 0.146. The van der Waals surface area contributed by atoms with Gasteiger partial charge in [-0.2, -0.15) is 0 Å². The Morgan fingerprint density at radius 3 is 2.11 bits per heavy atom. The van der Waals surface area contributed by atoms with Gasteiger partial charge in [-0.3, -0.25) is 4.79 Å². The number of rotatable bonds is 8. The van der Waals surface area contributed by atoms with E-state index < -0.39 is 12.1 Å². The van der Waals surface area contributed by atoms with Gasteiger partial charge >= 0.3 is 5.97 Å². The van der Waals surface area contributed by atoms with Crippen LogP contribution in [0.15, 0.2) is 48.5 Å². The molecule has 0 aliphatic rings. The van der Waals surface area contributed by atoms with Crippen LogP contribution in [0.5, 0.6) is 11.5 Å². The Bertz CT molecular complexity index is 755. The van der Waals surface area contributed by atoms with Gasteiger partial charge in [0.05, 0.1) is 13.2 Å². The maximum absolute atomic E-state index is 12.3. The third-order valence-electron chi connectivity index (χ3n) is 4.00. The van der Waals surface area contributed by atoms with E-state index in [4.69, 9.17) is 14.2 Å². The molecule has 0 unspecified atom stereocenters. The molecule has 1 N–H and O–H groups in total. The summed E-state index contributed by atoms with van der Waals surface area (Å²) in [6, 6.07) is 13.6. The molecule has 6 heteroatoms. The molecule has 2 aromatic carbocycles. The highest BCUT2D eigenvalue weighted by atomic mass is 16.6. The fourth-order valence-electron chi connectivity index (χ4n) is 2.19. The summed E-state index contributed by atoms with van der Waals surface area (Å²) in [7, 11) is 1.59. The predicted molar refractivity (Wildman–Crippen MR) is 103 cm³/mol. The zero-order valence-electron chi connectivity index (χ0n) is 16.0. The van der Waals surface area contributed by atoms with Crippen molar-refractivity contribution in [3.05, 3.63) is 54.1 Å². The number of esters is 1. The number of hydrogen-bond donors (Lipinski definition) is 1. The molecule has 0 aliphatic heterocycles. The van der Waals surface area contributed by atoms with Gasteiger partial charge in [-0.05, 0) is 68.8 Å². The summed E-state index contributed by atoms with van der Waals surface area (Å²) >= 11 is 0. The molecule has 0 fully saturated rings. The lowest BCUT2D eigenvalue weighted by Gasteiger charge is -2.17. The molecule has 0 heterocycles. The molecule has 27 heavy (non-hydrogen) atoms. The molecule has 144 valence electrons. The number of carbonyl (C=O) groups is 2. The van der Waals surface area contributed by atoms with Crippen LogP contribution in [0.3, 0.4) is 0 Å². The van der Waals surface area contributed by atoms with Crippen LogP contribution in [0.2, 0.25) is 0 Å². The lowest BCUT2D eigenvalue weighted by molar-refractivity contribution is -0.155. The van der Waals surface area contributed by atoms with Crippen LogP contribution in [-0.2, 0) is 9.53 Å². The Kier molecular flexibility index (Phi) is 7.23. The van der Waals surface area contributed by atoms with E-state index in [0.717, 1.165) is 12.2 Å². The maximum atomic E-state index is 12.3. The third kappa shape index (κ3) is 6.02. The first kappa shape index (κ1) is 20.3. The Labute approximate surface area is 159 Å². The van der Waals surface area contributed by atoms with E-state index >= 15 is 0 Å². The summed E-state index contributed by atoms with van der Waals surface area (Å²) in [4.78, 5) is 24.2. The number of benzene rings is 2. The topological polar surface area (TPSA) is 73.9 Å². The van der Waals surface area contributed by atoms with Gasteiger partial charge in [0.2, 0.25) is 0 Å². The van der Waals surface area contributed by atoms with Crippen LogP contribution in [-0.4, -0.2) is 31.2 Å². The van der Waals surface area contributed by atoms with Gasteiger partial charge in [-0.25, -0.2) is 4.79 Å². The van der Waals surface area contributed by atoms with E-state index in [1.54, 1.807) is 62.6 Å². The maximum Gasteiger partial charge on any atom is 0.347 e. The first-order chi connectivity index (χ1) is 12.9. The van der Waals surface area contributed by atoms with Crippen molar-refractivity contribution in [2.45, 2.75) is 39.4 Å². The van der Waals surface area contributed by atoms with E-state index in [1.807, 2.05) is 13.8 Å². The molecule has 2 rings (SSSR count). The van der Waals surface area contributed by atoms with E-state index in [-0.39, 0.29) is 12.0 Å². The molecule has 0 bridgehead atoms. The molecule has 2 aromatic rings. The Morgan fingerprint density at radius 2 is 1.56 bits per heavy atom. The van der Waals surface area contributed by atoms with Crippen molar-refractivity contribution in [1.82, 2.24) is 0 Å². The van der Waals surface area contributed by atoms with Crippen LogP contribution >= 0.6 is 0 Å². The lowest BCUT2D eigenvalue weighted by Crippen LogP contribution is -2.29. The monoisotopic (exact) mass is 371 g/mol. The molecule has 0 saturated carbocycles. The number of nitrogens with one attached hydrogen (secondary N) is 1. The average Bonchev–Trinajstić information content (AvgIpc) is 2.68. The van der Waals surface area contributed by atoms with Crippen molar-refractivity contribution in [2.75, 3.05) is 12.4 Å². The average molecular weight is 371 g/mol. The van der Waals surface area contributed by atoms with Gasteiger partial charge in [-0.15, -0.1) is 0 Å². The number of ether oxygens (including phenoxy) is 3. The van der Waals surface area contributed by atoms with Crippen LogP contribution in [0.25, 0.3) is 0 Å². The molecule has 6 nitrogen and oxygen atoms in total. The highest BCUT2D eigenvalue weighted by Crippen LogP contribution is 2.18. The summed E-state index contributed by atoms with van der Waals surface area (Å²) in [6.07, 6.45) is -0.123. The SMILES string of the molecule is CC[C@H](C)OC(=O)[C@H](C)Oc1ccc(C(=O)Nc2ccc(OC)cc2)cc1. The zero-order valence-corrected chi connectivity index (χ0v) is 16.0. The molecule has 0 aliphatic carbocycles. The molecular weight excluding hydrogens is 346 g/mol. The second kappa shape index (κ2) is 9.62.